The normalized spacial score (nSPS) is 30.9. The van der Waals surface area contributed by atoms with E-state index in [-0.39, 0.29) is 0 Å². The summed E-state index contributed by atoms with van der Waals surface area (Å²) < 4.78 is 5.76. The van der Waals surface area contributed by atoms with E-state index in [1.165, 1.54) is 45.6 Å². The summed E-state index contributed by atoms with van der Waals surface area (Å²) in [7, 11) is 2.06. The lowest BCUT2D eigenvalue weighted by molar-refractivity contribution is -0.0334. The summed E-state index contributed by atoms with van der Waals surface area (Å²) in [5, 5.41) is 3.38. The van der Waals surface area contributed by atoms with Gasteiger partial charge in [-0.1, -0.05) is 0 Å². The van der Waals surface area contributed by atoms with Crippen LogP contribution in [-0.2, 0) is 4.74 Å². The molecule has 0 saturated carbocycles. The number of piperazine rings is 1. The molecule has 0 spiro atoms. The highest BCUT2D eigenvalue weighted by Gasteiger charge is 2.35. The summed E-state index contributed by atoms with van der Waals surface area (Å²) in [6.45, 7) is 13.6. The quantitative estimate of drug-likeness (QED) is 0.807. The molecule has 1 atom stereocenters. The summed E-state index contributed by atoms with van der Waals surface area (Å²) >= 11 is 0. The fourth-order valence-corrected chi connectivity index (χ4v) is 3.52. The number of hydrogen-bond acceptors (Lipinski definition) is 4. The summed E-state index contributed by atoms with van der Waals surface area (Å²) in [4.78, 5) is 5.23. The monoisotopic (exact) mass is 269 g/mol. The first-order valence-electron chi connectivity index (χ1n) is 7.84. The lowest BCUT2D eigenvalue weighted by atomic mass is 9.81. The maximum atomic E-state index is 5.76. The molecule has 0 aromatic rings. The molecule has 4 heteroatoms. The Morgan fingerprint density at radius 1 is 1.21 bits per heavy atom. The average Bonchev–Trinajstić information content (AvgIpc) is 2.40. The molecule has 0 aromatic heterocycles. The lowest BCUT2D eigenvalue weighted by Gasteiger charge is -2.44. The summed E-state index contributed by atoms with van der Waals surface area (Å²) in [5.41, 5.74) is 0.340. The molecular weight excluding hydrogens is 238 g/mol. The van der Waals surface area contributed by atoms with Crippen molar-refractivity contribution >= 4 is 0 Å². The van der Waals surface area contributed by atoms with Crippen molar-refractivity contribution in [1.82, 2.24) is 15.1 Å². The molecule has 19 heavy (non-hydrogen) atoms. The molecule has 1 unspecified atom stereocenters. The number of nitrogens with zero attached hydrogens (tertiary/aromatic N) is 2. The molecule has 0 radical (unpaired) electrons. The van der Waals surface area contributed by atoms with Crippen LogP contribution in [0.5, 0.6) is 0 Å². The number of ether oxygens (including phenoxy) is 1. The van der Waals surface area contributed by atoms with Crippen LogP contribution in [0.4, 0.5) is 0 Å². The second-order valence-electron chi connectivity index (χ2n) is 6.59. The minimum Gasteiger partial charge on any atom is -0.381 e. The van der Waals surface area contributed by atoms with E-state index in [0.29, 0.717) is 11.5 Å². The molecule has 0 aliphatic carbocycles. The van der Waals surface area contributed by atoms with Crippen LogP contribution in [0.2, 0.25) is 0 Å². The Labute approximate surface area is 118 Å². The van der Waals surface area contributed by atoms with Gasteiger partial charge in [-0.05, 0) is 33.7 Å². The lowest BCUT2D eigenvalue weighted by Crippen LogP contribution is -2.54. The zero-order valence-electron chi connectivity index (χ0n) is 13.0. The second kappa shape index (κ2) is 7.02. The minimum atomic E-state index is 0.340. The highest BCUT2D eigenvalue weighted by molar-refractivity contribution is 4.88. The van der Waals surface area contributed by atoms with E-state index in [4.69, 9.17) is 4.74 Å². The summed E-state index contributed by atoms with van der Waals surface area (Å²) in [6, 6.07) is 0.687. The number of hydrogen-bond donors (Lipinski definition) is 1. The van der Waals surface area contributed by atoms with Crippen molar-refractivity contribution in [3.63, 3.8) is 0 Å². The maximum Gasteiger partial charge on any atom is 0.0546 e. The molecule has 2 fully saturated rings. The van der Waals surface area contributed by atoms with Crippen molar-refractivity contribution in [2.75, 3.05) is 59.5 Å². The van der Waals surface area contributed by atoms with Gasteiger partial charge < -0.3 is 15.0 Å². The molecule has 2 aliphatic heterocycles. The summed E-state index contributed by atoms with van der Waals surface area (Å²) in [5.74, 6) is 0. The Hall–Kier alpha value is -0.160. The Kier molecular flexibility index (Phi) is 5.63. The van der Waals surface area contributed by atoms with Crippen molar-refractivity contribution in [2.24, 2.45) is 5.41 Å². The average molecular weight is 269 g/mol. The van der Waals surface area contributed by atoms with Gasteiger partial charge in [0.05, 0.1) is 6.61 Å². The van der Waals surface area contributed by atoms with Crippen molar-refractivity contribution in [1.29, 1.82) is 0 Å². The first kappa shape index (κ1) is 15.2. The van der Waals surface area contributed by atoms with Gasteiger partial charge in [-0.25, -0.2) is 0 Å². The summed E-state index contributed by atoms with van der Waals surface area (Å²) in [6.07, 6.45) is 2.52. The SMILES string of the molecule is CNCC1(CN2CCN(C(C)C)CC2)CCCOC1. The van der Waals surface area contributed by atoms with E-state index in [0.717, 1.165) is 19.8 Å². The van der Waals surface area contributed by atoms with E-state index in [2.05, 4.69) is 36.0 Å². The van der Waals surface area contributed by atoms with Crippen LogP contribution in [0.3, 0.4) is 0 Å². The minimum absolute atomic E-state index is 0.340. The zero-order valence-corrected chi connectivity index (χ0v) is 13.0. The van der Waals surface area contributed by atoms with E-state index in [9.17, 15) is 0 Å². The predicted octanol–water partition coefficient (Wildman–Crippen LogP) is 1.03. The fraction of sp³-hybridized carbons (Fsp3) is 1.00. The largest absolute Gasteiger partial charge is 0.381 e. The smallest absolute Gasteiger partial charge is 0.0546 e. The molecule has 0 aromatic carbocycles. The van der Waals surface area contributed by atoms with Gasteiger partial charge in [0.25, 0.3) is 0 Å². The second-order valence-corrected chi connectivity index (χ2v) is 6.59. The molecular formula is C15H31N3O. The predicted molar refractivity (Wildman–Crippen MR) is 79.6 cm³/mol. The molecule has 2 saturated heterocycles. The topological polar surface area (TPSA) is 27.7 Å². The Morgan fingerprint density at radius 2 is 1.95 bits per heavy atom. The first-order valence-corrected chi connectivity index (χ1v) is 7.84. The maximum absolute atomic E-state index is 5.76. The van der Waals surface area contributed by atoms with Gasteiger partial charge in [0.1, 0.15) is 0 Å². The van der Waals surface area contributed by atoms with E-state index >= 15 is 0 Å². The third kappa shape index (κ3) is 4.15. The standard InChI is InChI=1S/C15H31N3O/c1-14(2)18-8-6-17(7-9-18)12-15(11-16-3)5-4-10-19-13-15/h14,16H,4-13H2,1-3H3. The highest BCUT2D eigenvalue weighted by atomic mass is 16.5. The van der Waals surface area contributed by atoms with Gasteiger partial charge in [0, 0.05) is 57.3 Å². The highest BCUT2D eigenvalue weighted by Crippen LogP contribution is 2.29. The van der Waals surface area contributed by atoms with Crippen LogP contribution < -0.4 is 5.32 Å². The Bertz CT molecular complexity index is 251. The van der Waals surface area contributed by atoms with Gasteiger partial charge in [-0.15, -0.1) is 0 Å². The van der Waals surface area contributed by atoms with Gasteiger partial charge in [0.15, 0.2) is 0 Å². The molecule has 112 valence electrons. The van der Waals surface area contributed by atoms with Crippen LogP contribution in [0.15, 0.2) is 0 Å². The van der Waals surface area contributed by atoms with E-state index in [1.54, 1.807) is 0 Å². The van der Waals surface area contributed by atoms with Crippen molar-refractivity contribution < 1.29 is 4.74 Å². The molecule has 0 amide bonds. The number of nitrogens with one attached hydrogen (secondary N) is 1. The fourth-order valence-electron chi connectivity index (χ4n) is 3.52. The Balaban J connectivity index is 1.85. The Morgan fingerprint density at radius 3 is 2.47 bits per heavy atom. The van der Waals surface area contributed by atoms with E-state index < -0.39 is 0 Å². The van der Waals surface area contributed by atoms with Gasteiger partial charge in [-0.2, -0.15) is 0 Å². The third-order valence-electron chi connectivity index (χ3n) is 4.65. The number of rotatable bonds is 5. The molecule has 2 heterocycles. The van der Waals surface area contributed by atoms with Crippen LogP contribution in [0.25, 0.3) is 0 Å². The zero-order chi connectivity index (χ0) is 13.7. The van der Waals surface area contributed by atoms with Crippen molar-refractivity contribution in [3.05, 3.63) is 0 Å². The molecule has 2 aliphatic rings. The molecule has 2 rings (SSSR count). The van der Waals surface area contributed by atoms with Crippen LogP contribution in [-0.4, -0.2) is 75.4 Å². The molecule has 4 nitrogen and oxygen atoms in total. The van der Waals surface area contributed by atoms with Gasteiger partial charge in [-0.3, -0.25) is 4.90 Å². The van der Waals surface area contributed by atoms with E-state index in [1.807, 2.05) is 0 Å². The first-order chi connectivity index (χ1) is 9.15. The van der Waals surface area contributed by atoms with Crippen LogP contribution in [0.1, 0.15) is 26.7 Å². The van der Waals surface area contributed by atoms with Gasteiger partial charge >= 0.3 is 0 Å². The van der Waals surface area contributed by atoms with Gasteiger partial charge in [0.2, 0.25) is 0 Å². The van der Waals surface area contributed by atoms with Crippen molar-refractivity contribution in [2.45, 2.75) is 32.7 Å². The molecule has 0 bridgehead atoms. The van der Waals surface area contributed by atoms with Crippen molar-refractivity contribution in [3.8, 4) is 0 Å². The van der Waals surface area contributed by atoms with Crippen LogP contribution >= 0.6 is 0 Å². The van der Waals surface area contributed by atoms with Crippen LogP contribution in [0, 0.1) is 5.41 Å². The molecule has 1 N–H and O–H groups in total. The third-order valence-corrected chi connectivity index (χ3v) is 4.65.